The molecule has 4 heteroatoms. The monoisotopic (exact) mass is 274 g/mol. The zero-order valence-corrected chi connectivity index (χ0v) is 12.4. The van der Waals surface area contributed by atoms with Crippen molar-refractivity contribution in [3.05, 3.63) is 41.0 Å². The zero-order chi connectivity index (χ0) is 14.5. The Morgan fingerprint density at radius 3 is 2.45 bits per heavy atom. The summed E-state index contributed by atoms with van der Waals surface area (Å²) in [7, 11) is 1.84. The number of likely N-dealkylation sites (N-methyl/N-ethyl adjacent to an activating group) is 1. The lowest BCUT2D eigenvalue weighted by molar-refractivity contribution is -0.126. The molecule has 0 saturated carbocycles. The third-order valence-corrected chi connectivity index (χ3v) is 3.53. The molecule has 1 aromatic rings. The second kappa shape index (κ2) is 6.57. The molecule has 1 aliphatic heterocycles. The van der Waals surface area contributed by atoms with Crippen LogP contribution in [0.2, 0.25) is 0 Å². The van der Waals surface area contributed by atoms with E-state index in [-0.39, 0.29) is 5.91 Å². The van der Waals surface area contributed by atoms with Crippen molar-refractivity contribution in [3.63, 3.8) is 0 Å². The first kappa shape index (κ1) is 14.6. The maximum Gasteiger partial charge on any atom is 0.249 e. The van der Waals surface area contributed by atoms with Gasteiger partial charge in [-0.15, -0.1) is 0 Å². The van der Waals surface area contributed by atoms with Gasteiger partial charge >= 0.3 is 0 Å². The predicted molar refractivity (Wildman–Crippen MR) is 79.7 cm³/mol. The molecule has 20 heavy (non-hydrogen) atoms. The molecule has 0 spiro atoms. The van der Waals surface area contributed by atoms with Crippen molar-refractivity contribution in [3.8, 4) is 5.75 Å². The predicted octanol–water partition coefficient (Wildman–Crippen LogP) is 1.96. The lowest BCUT2D eigenvalue weighted by Crippen LogP contribution is -2.38. The Kier molecular flexibility index (Phi) is 4.79. The van der Waals surface area contributed by atoms with Crippen molar-refractivity contribution < 1.29 is 9.53 Å². The van der Waals surface area contributed by atoms with Gasteiger partial charge in [-0.1, -0.05) is 12.1 Å². The van der Waals surface area contributed by atoms with E-state index in [0.717, 1.165) is 30.0 Å². The SMILES string of the molecule is CCOc1ccc(CN(C)C(=O)C(C)=C2CNC2)cc1. The minimum Gasteiger partial charge on any atom is -0.494 e. The van der Waals surface area contributed by atoms with E-state index >= 15 is 0 Å². The summed E-state index contributed by atoms with van der Waals surface area (Å²) in [5.41, 5.74) is 3.19. The summed E-state index contributed by atoms with van der Waals surface area (Å²) in [5.74, 6) is 0.972. The largest absolute Gasteiger partial charge is 0.494 e. The second-order valence-corrected chi connectivity index (χ2v) is 5.07. The molecule has 4 nitrogen and oxygen atoms in total. The molecule has 0 bridgehead atoms. The van der Waals surface area contributed by atoms with Gasteiger partial charge in [0.2, 0.25) is 5.91 Å². The average Bonchev–Trinajstić information content (AvgIpc) is 2.38. The first-order valence-corrected chi connectivity index (χ1v) is 6.98. The van der Waals surface area contributed by atoms with Crippen LogP contribution < -0.4 is 10.1 Å². The minimum absolute atomic E-state index is 0.107. The Hall–Kier alpha value is -1.81. The van der Waals surface area contributed by atoms with Crippen LogP contribution in [-0.2, 0) is 11.3 Å². The molecule has 1 aromatic carbocycles. The van der Waals surface area contributed by atoms with Crippen LogP contribution in [0.4, 0.5) is 0 Å². The van der Waals surface area contributed by atoms with Gasteiger partial charge in [-0.3, -0.25) is 4.79 Å². The van der Waals surface area contributed by atoms with E-state index in [0.29, 0.717) is 13.2 Å². The number of hydrogen-bond donors (Lipinski definition) is 1. The van der Waals surface area contributed by atoms with Gasteiger partial charge in [0.1, 0.15) is 5.75 Å². The molecule has 1 saturated heterocycles. The summed E-state index contributed by atoms with van der Waals surface area (Å²) in [4.78, 5) is 14.0. The first-order valence-electron chi connectivity index (χ1n) is 6.98. The van der Waals surface area contributed by atoms with E-state index in [9.17, 15) is 4.79 Å². The van der Waals surface area contributed by atoms with Crippen molar-refractivity contribution in [2.75, 3.05) is 26.7 Å². The fourth-order valence-electron chi connectivity index (χ4n) is 2.16. The van der Waals surface area contributed by atoms with Crippen molar-refractivity contribution >= 4 is 5.91 Å². The smallest absolute Gasteiger partial charge is 0.249 e. The molecule has 1 N–H and O–H groups in total. The minimum atomic E-state index is 0.107. The summed E-state index contributed by atoms with van der Waals surface area (Å²) in [5, 5.41) is 3.16. The quantitative estimate of drug-likeness (QED) is 0.835. The van der Waals surface area contributed by atoms with Gasteiger partial charge < -0.3 is 15.0 Å². The molecule has 0 unspecified atom stereocenters. The number of nitrogens with one attached hydrogen (secondary N) is 1. The van der Waals surface area contributed by atoms with Gasteiger partial charge in [-0.2, -0.15) is 0 Å². The number of carbonyl (C=O) groups excluding carboxylic acids is 1. The van der Waals surface area contributed by atoms with E-state index < -0.39 is 0 Å². The van der Waals surface area contributed by atoms with Crippen LogP contribution in [0.1, 0.15) is 19.4 Å². The highest BCUT2D eigenvalue weighted by molar-refractivity contribution is 5.93. The average molecular weight is 274 g/mol. The number of benzene rings is 1. The van der Waals surface area contributed by atoms with E-state index in [2.05, 4.69) is 5.32 Å². The normalized spacial score (nSPS) is 13.7. The van der Waals surface area contributed by atoms with Crippen molar-refractivity contribution in [2.24, 2.45) is 0 Å². The van der Waals surface area contributed by atoms with Crippen LogP contribution in [0.3, 0.4) is 0 Å². The van der Waals surface area contributed by atoms with Crippen molar-refractivity contribution in [2.45, 2.75) is 20.4 Å². The molecule has 0 aromatic heterocycles. The Morgan fingerprint density at radius 2 is 1.95 bits per heavy atom. The topological polar surface area (TPSA) is 41.6 Å². The van der Waals surface area contributed by atoms with Crippen LogP contribution in [0.5, 0.6) is 5.75 Å². The lowest BCUT2D eigenvalue weighted by atomic mass is 10.0. The molecule has 108 valence electrons. The van der Waals surface area contributed by atoms with Gasteiger partial charge in [0.05, 0.1) is 6.61 Å². The van der Waals surface area contributed by atoms with Gasteiger partial charge in [0, 0.05) is 32.3 Å². The second-order valence-electron chi connectivity index (χ2n) is 5.07. The summed E-state index contributed by atoms with van der Waals surface area (Å²) in [6, 6.07) is 7.89. The van der Waals surface area contributed by atoms with Gasteiger partial charge in [0.25, 0.3) is 0 Å². The fourth-order valence-corrected chi connectivity index (χ4v) is 2.16. The van der Waals surface area contributed by atoms with E-state index in [1.165, 1.54) is 5.57 Å². The van der Waals surface area contributed by atoms with Crippen molar-refractivity contribution in [1.82, 2.24) is 10.2 Å². The van der Waals surface area contributed by atoms with Gasteiger partial charge in [-0.25, -0.2) is 0 Å². The molecule has 1 fully saturated rings. The molecule has 0 atom stereocenters. The Labute approximate surface area is 120 Å². The van der Waals surface area contributed by atoms with E-state index in [1.807, 2.05) is 45.2 Å². The number of hydrogen-bond acceptors (Lipinski definition) is 3. The number of ether oxygens (including phenoxy) is 1. The van der Waals surface area contributed by atoms with E-state index in [1.54, 1.807) is 4.90 Å². The highest BCUT2D eigenvalue weighted by Crippen LogP contribution is 2.15. The highest BCUT2D eigenvalue weighted by Gasteiger charge is 2.18. The third kappa shape index (κ3) is 3.39. The van der Waals surface area contributed by atoms with E-state index in [4.69, 9.17) is 4.74 Å². The summed E-state index contributed by atoms with van der Waals surface area (Å²) in [6.07, 6.45) is 0. The lowest BCUT2D eigenvalue weighted by Gasteiger charge is -2.24. The molecule has 1 heterocycles. The highest BCUT2D eigenvalue weighted by atomic mass is 16.5. The molecule has 0 aliphatic carbocycles. The first-order chi connectivity index (χ1) is 9.61. The summed E-state index contributed by atoms with van der Waals surface area (Å²) < 4.78 is 5.41. The van der Waals surface area contributed by atoms with Crippen LogP contribution in [0.15, 0.2) is 35.4 Å². The molecular weight excluding hydrogens is 252 g/mol. The Balaban J connectivity index is 1.96. The van der Waals surface area contributed by atoms with Crippen LogP contribution in [0, 0.1) is 0 Å². The maximum atomic E-state index is 12.3. The zero-order valence-electron chi connectivity index (χ0n) is 12.4. The Morgan fingerprint density at radius 1 is 1.30 bits per heavy atom. The number of amides is 1. The Bertz CT molecular complexity index is 500. The van der Waals surface area contributed by atoms with Gasteiger partial charge in [0.15, 0.2) is 0 Å². The molecule has 1 amide bonds. The number of nitrogens with zero attached hydrogens (tertiary/aromatic N) is 1. The molecule has 0 radical (unpaired) electrons. The molecule has 1 aliphatic rings. The standard InChI is InChI=1S/C16H22N2O2/c1-4-20-15-7-5-13(6-8-15)11-18(3)16(19)12(2)14-9-17-10-14/h5-8,17H,4,9-11H2,1-3H3. The molecular formula is C16H22N2O2. The fraction of sp³-hybridized carbons (Fsp3) is 0.438. The van der Waals surface area contributed by atoms with Crippen LogP contribution in [0.25, 0.3) is 0 Å². The van der Waals surface area contributed by atoms with Crippen molar-refractivity contribution in [1.29, 1.82) is 0 Å². The third-order valence-electron chi connectivity index (χ3n) is 3.53. The van der Waals surface area contributed by atoms with Crippen LogP contribution >= 0.6 is 0 Å². The summed E-state index contributed by atoms with van der Waals surface area (Å²) in [6.45, 7) is 6.84. The molecule has 2 rings (SSSR count). The summed E-state index contributed by atoms with van der Waals surface area (Å²) >= 11 is 0. The number of carbonyl (C=O) groups is 1. The maximum absolute atomic E-state index is 12.3. The van der Waals surface area contributed by atoms with Gasteiger partial charge in [-0.05, 0) is 37.1 Å². The van der Waals surface area contributed by atoms with Crippen LogP contribution in [-0.4, -0.2) is 37.6 Å². The number of rotatable bonds is 5.